The van der Waals surface area contributed by atoms with Gasteiger partial charge in [-0.05, 0) is 24.1 Å². The molecule has 1 aromatic carbocycles. The van der Waals surface area contributed by atoms with Crippen molar-refractivity contribution in [3.05, 3.63) is 29.3 Å². The normalized spacial score (nSPS) is 17.6. The monoisotopic (exact) mass is 250 g/mol. The van der Waals surface area contributed by atoms with E-state index in [9.17, 15) is 4.79 Å². The zero-order chi connectivity index (χ0) is 13.1. The molecule has 1 atom stereocenters. The second-order valence-corrected chi connectivity index (χ2v) is 4.46. The molecule has 2 rings (SSSR count). The van der Waals surface area contributed by atoms with E-state index in [4.69, 9.17) is 15.6 Å². The van der Waals surface area contributed by atoms with Crippen molar-refractivity contribution in [2.24, 2.45) is 5.73 Å². The molecule has 0 unspecified atom stereocenters. The standard InChI is InChI=1S/C13H18N2O3/c1-9-8-10(12(14)13(16)17)2-3-11(9)15-4-6-18-7-5-15/h2-3,8,12H,4-7,14H2,1H3,(H,16,17)/t12-/m0/s1. The third-order valence-electron chi connectivity index (χ3n) is 3.20. The molecule has 0 spiro atoms. The van der Waals surface area contributed by atoms with Crippen molar-refractivity contribution in [3.63, 3.8) is 0 Å². The molecule has 98 valence electrons. The maximum Gasteiger partial charge on any atom is 0.325 e. The van der Waals surface area contributed by atoms with Crippen molar-refractivity contribution < 1.29 is 14.6 Å². The molecule has 18 heavy (non-hydrogen) atoms. The first-order chi connectivity index (χ1) is 8.59. The molecule has 0 aliphatic carbocycles. The van der Waals surface area contributed by atoms with Crippen LogP contribution in [0.1, 0.15) is 17.2 Å². The highest BCUT2D eigenvalue weighted by atomic mass is 16.5. The SMILES string of the molecule is Cc1cc([C@H](N)C(=O)O)ccc1N1CCOCC1. The lowest BCUT2D eigenvalue weighted by atomic mass is 10.0. The average Bonchev–Trinajstić information content (AvgIpc) is 2.38. The molecule has 0 aromatic heterocycles. The Morgan fingerprint density at radius 1 is 1.44 bits per heavy atom. The predicted octanol–water partition coefficient (Wildman–Crippen LogP) is 0.916. The summed E-state index contributed by atoms with van der Waals surface area (Å²) in [6.45, 7) is 5.17. The van der Waals surface area contributed by atoms with Crippen LogP contribution in [-0.4, -0.2) is 37.4 Å². The maximum atomic E-state index is 10.8. The van der Waals surface area contributed by atoms with Crippen LogP contribution in [0.5, 0.6) is 0 Å². The van der Waals surface area contributed by atoms with Gasteiger partial charge in [0.15, 0.2) is 0 Å². The smallest absolute Gasteiger partial charge is 0.325 e. The van der Waals surface area contributed by atoms with Gasteiger partial charge in [0, 0.05) is 18.8 Å². The Balaban J connectivity index is 2.21. The summed E-state index contributed by atoms with van der Waals surface area (Å²) in [5.41, 5.74) is 8.41. The maximum absolute atomic E-state index is 10.8. The van der Waals surface area contributed by atoms with E-state index in [1.807, 2.05) is 19.1 Å². The van der Waals surface area contributed by atoms with Crippen LogP contribution in [0.25, 0.3) is 0 Å². The summed E-state index contributed by atoms with van der Waals surface area (Å²) in [6, 6.07) is 4.63. The zero-order valence-electron chi connectivity index (χ0n) is 10.4. The molecule has 5 nitrogen and oxygen atoms in total. The Bertz CT molecular complexity index is 442. The third-order valence-corrected chi connectivity index (χ3v) is 3.20. The summed E-state index contributed by atoms with van der Waals surface area (Å²) >= 11 is 0. The van der Waals surface area contributed by atoms with Gasteiger partial charge in [-0.2, -0.15) is 0 Å². The van der Waals surface area contributed by atoms with Gasteiger partial charge in [0.05, 0.1) is 13.2 Å². The molecule has 1 aliphatic rings. The number of hydrogen-bond acceptors (Lipinski definition) is 4. The second kappa shape index (κ2) is 5.37. The van der Waals surface area contributed by atoms with Gasteiger partial charge in [-0.3, -0.25) is 4.79 Å². The van der Waals surface area contributed by atoms with Crippen LogP contribution in [0, 0.1) is 6.92 Å². The van der Waals surface area contributed by atoms with E-state index >= 15 is 0 Å². The first-order valence-corrected chi connectivity index (χ1v) is 6.01. The van der Waals surface area contributed by atoms with Crippen LogP contribution in [0.15, 0.2) is 18.2 Å². The molecular weight excluding hydrogens is 232 g/mol. The fourth-order valence-electron chi connectivity index (χ4n) is 2.17. The number of morpholine rings is 1. The summed E-state index contributed by atoms with van der Waals surface area (Å²) in [5.74, 6) is -1.01. The molecule has 0 amide bonds. The lowest BCUT2D eigenvalue weighted by Crippen LogP contribution is -2.36. The van der Waals surface area contributed by atoms with Crippen molar-refractivity contribution in [2.75, 3.05) is 31.2 Å². The van der Waals surface area contributed by atoms with E-state index in [0.717, 1.165) is 37.6 Å². The average molecular weight is 250 g/mol. The molecule has 0 radical (unpaired) electrons. The van der Waals surface area contributed by atoms with Crippen molar-refractivity contribution >= 4 is 11.7 Å². The lowest BCUT2D eigenvalue weighted by Gasteiger charge is -2.30. The summed E-state index contributed by atoms with van der Waals surface area (Å²) < 4.78 is 5.32. The number of hydrogen-bond donors (Lipinski definition) is 2. The van der Waals surface area contributed by atoms with Gasteiger partial charge in [0.25, 0.3) is 0 Å². The minimum Gasteiger partial charge on any atom is -0.480 e. The number of anilines is 1. The second-order valence-electron chi connectivity index (χ2n) is 4.46. The van der Waals surface area contributed by atoms with Gasteiger partial charge in [-0.25, -0.2) is 0 Å². The van der Waals surface area contributed by atoms with Crippen LogP contribution in [0.2, 0.25) is 0 Å². The van der Waals surface area contributed by atoms with Gasteiger partial charge in [0.1, 0.15) is 6.04 Å². The third kappa shape index (κ3) is 2.63. The number of aryl methyl sites for hydroxylation is 1. The Hall–Kier alpha value is -1.59. The van der Waals surface area contributed by atoms with Crippen molar-refractivity contribution in [2.45, 2.75) is 13.0 Å². The van der Waals surface area contributed by atoms with E-state index in [0.29, 0.717) is 5.56 Å². The minimum atomic E-state index is -1.01. The highest BCUT2D eigenvalue weighted by molar-refractivity contribution is 5.75. The Kier molecular flexibility index (Phi) is 3.84. The number of ether oxygens (including phenoxy) is 1. The molecule has 0 bridgehead atoms. The number of rotatable bonds is 3. The van der Waals surface area contributed by atoms with Gasteiger partial charge < -0.3 is 20.5 Å². The van der Waals surface area contributed by atoms with Gasteiger partial charge in [-0.15, -0.1) is 0 Å². The van der Waals surface area contributed by atoms with E-state index in [1.165, 1.54) is 0 Å². The minimum absolute atomic E-state index is 0.636. The quantitative estimate of drug-likeness (QED) is 0.834. The number of benzene rings is 1. The van der Waals surface area contributed by atoms with Crippen molar-refractivity contribution in [3.8, 4) is 0 Å². The number of aliphatic carboxylic acids is 1. The van der Waals surface area contributed by atoms with Gasteiger partial charge in [0.2, 0.25) is 0 Å². The number of carbonyl (C=O) groups is 1. The highest BCUT2D eigenvalue weighted by Gasteiger charge is 2.17. The number of nitrogens with zero attached hydrogens (tertiary/aromatic N) is 1. The Morgan fingerprint density at radius 2 is 2.11 bits per heavy atom. The molecule has 3 N–H and O–H groups in total. The first-order valence-electron chi connectivity index (χ1n) is 6.01. The van der Waals surface area contributed by atoms with Crippen LogP contribution in [0.4, 0.5) is 5.69 Å². The lowest BCUT2D eigenvalue weighted by molar-refractivity contribution is -0.138. The Morgan fingerprint density at radius 3 is 2.67 bits per heavy atom. The molecule has 0 saturated carbocycles. The van der Waals surface area contributed by atoms with E-state index < -0.39 is 12.0 Å². The highest BCUT2D eigenvalue weighted by Crippen LogP contribution is 2.24. The molecule has 1 heterocycles. The fourth-order valence-corrected chi connectivity index (χ4v) is 2.17. The Labute approximate surface area is 106 Å². The molecule has 1 saturated heterocycles. The zero-order valence-corrected chi connectivity index (χ0v) is 10.4. The fraction of sp³-hybridized carbons (Fsp3) is 0.462. The van der Waals surface area contributed by atoms with Crippen LogP contribution in [-0.2, 0) is 9.53 Å². The van der Waals surface area contributed by atoms with Crippen LogP contribution in [0.3, 0.4) is 0 Å². The summed E-state index contributed by atoms with van der Waals surface area (Å²) in [6.07, 6.45) is 0. The molecule has 5 heteroatoms. The summed E-state index contributed by atoms with van der Waals surface area (Å²) in [7, 11) is 0. The molecular formula is C13H18N2O3. The van der Waals surface area contributed by atoms with Gasteiger partial charge >= 0.3 is 5.97 Å². The number of nitrogens with two attached hydrogens (primary N) is 1. The van der Waals surface area contributed by atoms with Crippen LogP contribution < -0.4 is 10.6 Å². The molecule has 1 fully saturated rings. The predicted molar refractivity (Wildman–Crippen MR) is 68.8 cm³/mol. The van der Waals surface area contributed by atoms with Crippen LogP contribution >= 0.6 is 0 Å². The summed E-state index contributed by atoms with van der Waals surface area (Å²) in [5, 5.41) is 8.89. The van der Waals surface area contributed by atoms with Crippen molar-refractivity contribution in [1.82, 2.24) is 0 Å². The largest absolute Gasteiger partial charge is 0.480 e. The van der Waals surface area contributed by atoms with E-state index in [2.05, 4.69) is 4.90 Å². The number of carboxylic acids is 1. The van der Waals surface area contributed by atoms with E-state index in [1.54, 1.807) is 6.07 Å². The number of carboxylic acid groups (broad SMARTS) is 1. The topological polar surface area (TPSA) is 75.8 Å². The van der Waals surface area contributed by atoms with E-state index in [-0.39, 0.29) is 0 Å². The van der Waals surface area contributed by atoms with Gasteiger partial charge in [-0.1, -0.05) is 12.1 Å². The summed E-state index contributed by atoms with van der Waals surface area (Å²) in [4.78, 5) is 13.1. The molecule has 1 aromatic rings. The first kappa shape index (κ1) is 12.9. The van der Waals surface area contributed by atoms with Crippen molar-refractivity contribution in [1.29, 1.82) is 0 Å². The molecule has 1 aliphatic heterocycles.